The fourth-order valence-electron chi connectivity index (χ4n) is 3.97. The van der Waals surface area contributed by atoms with Crippen LogP contribution in [0.2, 0.25) is 5.02 Å². The van der Waals surface area contributed by atoms with Gasteiger partial charge in [0.25, 0.3) is 0 Å². The first kappa shape index (κ1) is 21.9. The van der Waals surface area contributed by atoms with E-state index < -0.39 is 15.6 Å². The van der Waals surface area contributed by atoms with Gasteiger partial charge in [-0.3, -0.25) is 0 Å². The topological polar surface area (TPSA) is 69.6 Å². The SMILES string of the molecule is CCCCC1(CCCC)CN(c2ccccc2)c2cc(Cl)c(O)cc2S(=O)(=O)N1. The highest BCUT2D eigenvalue weighted by Crippen LogP contribution is 2.42. The molecule has 1 aliphatic rings. The van der Waals surface area contributed by atoms with Crippen LogP contribution in [0.1, 0.15) is 52.4 Å². The number of unbranched alkanes of at least 4 members (excludes halogenated alkanes) is 2. The van der Waals surface area contributed by atoms with E-state index in [9.17, 15) is 13.5 Å². The number of phenolic OH excluding ortho intramolecular Hbond substituents is 1. The van der Waals surface area contributed by atoms with Crippen LogP contribution in [0.25, 0.3) is 0 Å². The van der Waals surface area contributed by atoms with E-state index in [-0.39, 0.29) is 15.7 Å². The lowest BCUT2D eigenvalue weighted by atomic mass is 9.87. The first-order chi connectivity index (χ1) is 13.8. The number of nitrogens with one attached hydrogen (secondary N) is 1. The number of rotatable bonds is 7. The van der Waals surface area contributed by atoms with E-state index in [1.165, 1.54) is 6.07 Å². The third-order valence-electron chi connectivity index (χ3n) is 5.51. The summed E-state index contributed by atoms with van der Waals surface area (Å²) >= 11 is 6.19. The van der Waals surface area contributed by atoms with Crippen LogP contribution < -0.4 is 9.62 Å². The van der Waals surface area contributed by atoms with Gasteiger partial charge in [-0.1, -0.05) is 69.3 Å². The van der Waals surface area contributed by atoms with Crippen LogP contribution in [0, 0.1) is 0 Å². The molecule has 0 radical (unpaired) electrons. The van der Waals surface area contributed by atoms with Crippen molar-refractivity contribution in [1.82, 2.24) is 4.72 Å². The molecule has 5 nitrogen and oxygen atoms in total. The zero-order valence-corrected chi connectivity index (χ0v) is 18.6. The maximum atomic E-state index is 13.4. The number of phenols is 1. The number of hydrogen-bond acceptors (Lipinski definition) is 4. The summed E-state index contributed by atoms with van der Waals surface area (Å²) in [6, 6.07) is 12.5. The quantitative estimate of drug-likeness (QED) is 0.593. The van der Waals surface area contributed by atoms with E-state index in [0.717, 1.165) is 44.2 Å². The minimum atomic E-state index is -3.84. The Balaban J connectivity index is 2.22. The Bertz CT molecular complexity index is 940. The third-order valence-corrected chi connectivity index (χ3v) is 7.42. The summed E-state index contributed by atoms with van der Waals surface area (Å²) in [6.45, 7) is 4.73. The molecule has 2 N–H and O–H groups in total. The Hall–Kier alpha value is -1.76. The van der Waals surface area contributed by atoms with Gasteiger partial charge in [0.2, 0.25) is 10.0 Å². The van der Waals surface area contributed by atoms with Gasteiger partial charge < -0.3 is 10.0 Å². The van der Waals surface area contributed by atoms with E-state index in [2.05, 4.69) is 18.6 Å². The smallest absolute Gasteiger partial charge is 0.243 e. The van der Waals surface area contributed by atoms with Gasteiger partial charge in [-0.15, -0.1) is 0 Å². The van der Waals surface area contributed by atoms with Gasteiger partial charge in [0.05, 0.1) is 16.2 Å². The molecule has 0 unspecified atom stereocenters. The number of anilines is 2. The molecule has 0 spiro atoms. The van der Waals surface area contributed by atoms with Crippen molar-refractivity contribution in [2.75, 3.05) is 11.4 Å². The van der Waals surface area contributed by atoms with Crippen molar-refractivity contribution in [3.63, 3.8) is 0 Å². The highest BCUT2D eigenvalue weighted by atomic mass is 35.5. The zero-order valence-electron chi connectivity index (χ0n) is 17.0. The van der Waals surface area contributed by atoms with E-state index in [1.807, 2.05) is 35.2 Å². The molecule has 2 aromatic rings. The Morgan fingerprint density at radius 2 is 1.72 bits per heavy atom. The average Bonchev–Trinajstić information content (AvgIpc) is 2.79. The molecule has 2 aromatic carbocycles. The van der Waals surface area contributed by atoms with Crippen LogP contribution in [0.15, 0.2) is 47.4 Å². The summed E-state index contributed by atoms with van der Waals surface area (Å²) in [6.07, 6.45) is 5.33. The van der Waals surface area contributed by atoms with E-state index in [1.54, 1.807) is 6.07 Å². The third kappa shape index (κ3) is 4.71. The van der Waals surface area contributed by atoms with Crippen molar-refractivity contribution in [2.24, 2.45) is 0 Å². The molecule has 158 valence electrons. The maximum Gasteiger partial charge on any atom is 0.243 e. The van der Waals surface area contributed by atoms with Gasteiger partial charge in [-0.25, -0.2) is 13.1 Å². The van der Waals surface area contributed by atoms with Gasteiger partial charge in [0.15, 0.2) is 0 Å². The van der Waals surface area contributed by atoms with Crippen LogP contribution in [0.5, 0.6) is 5.75 Å². The molecule has 1 aliphatic heterocycles. The maximum absolute atomic E-state index is 13.4. The minimum absolute atomic E-state index is 0.0538. The van der Waals surface area contributed by atoms with Gasteiger partial charge in [0.1, 0.15) is 10.6 Å². The molecule has 0 saturated carbocycles. The van der Waals surface area contributed by atoms with Crippen LogP contribution in [0.3, 0.4) is 0 Å². The van der Waals surface area contributed by atoms with Crippen LogP contribution in [-0.2, 0) is 10.0 Å². The molecular formula is C22H29ClN2O3S. The number of hydrogen-bond donors (Lipinski definition) is 2. The fourth-order valence-corrected chi connectivity index (χ4v) is 5.79. The number of fused-ring (bicyclic) bond motifs is 1. The summed E-state index contributed by atoms with van der Waals surface area (Å²) < 4.78 is 29.8. The van der Waals surface area contributed by atoms with Crippen LogP contribution >= 0.6 is 11.6 Å². The fraction of sp³-hybridized carbons (Fsp3) is 0.455. The molecule has 0 atom stereocenters. The Labute approximate surface area is 178 Å². The summed E-state index contributed by atoms with van der Waals surface area (Å²) in [7, 11) is -3.84. The predicted octanol–water partition coefficient (Wildman–Crippen LogP) is 5.59. The summed E-state index contributed by atoms with van der Waals surface area (Å²) in [5, 5.41) is 10.3. The van der Waals surface area contributed by atoms with Gasteiger partial charge in [-0.2, -0.15) is 0 Å². The Morgan fingerprint density at radius 3 is 2.31 bits per heavy atom. The molecule has 0 fully saturated rings. The van der Waals surface area contributed by atoms with Crippen molar-refractivity contribution < 1.29 is 13.5 Å². The first-order valence-corrected chi connectivity index (χ1v) is 12.1. The average molecular weight is 437 g/mol. The highest BCUT2D eigenvalue weighted by molar-refractivity contribution is 7.89. The lowest BCUT2D eigenvalue weighted by molar-refractivity contribution is 0.320. The molecule has 0 aromatic heterocycles. The normalized spacial score (nSPS) is 17.6. The molecule has 29 heavy (non-hydrogen) atoms. The molecule has 0 bridgehead atoms. The zero-order chi connectivity index (χ0) is 21.1. The number of aromatic hydroxyl groups is 1. The number of nitrogens with zero attached hydrogens (tertiary/aromatic N) is 1. The first-order valence-electron chi connectivity index (χ1n) is 10.2. The van der Waals surface area contributed by atoms with Crippen LogP contribution in [-0.4, -0.2) is 25.6 Å². The second kappa shape index (κ2) is 8.94. The van der Waals surface area contributed by atoms with Crippen molar-refractivity contribution in [3.05, 3.63) is 47.5 Å². The number of benzene rings is 2. The summed E-state index contributed by atoms with van der Waals surface area (Å²) in [5.74, 6) is -0.238. The number of sulfonamides is 1. The molecule has 3 rings (SSSR count). The van der Waals surface area contributed by atoms with Gasteiger partial charge in [0, 0.05) is 18.3 Å². The van der Waals surface area contributed by atoms with E-state index >= 15 is 0 Å². The lowest BCUT2D eigenvalue weighted by Gasteiger charge is -2.37. The lowest BCUT2D eigenvalue weighted by Crippen LogP contribution is -2.53. The molecular weight excluding hydrogens is 408 g/mol. The molecule has 0 aliphatic carbocycles. The van der Waals surface area contributed by atoms with Crippen molar-refractivity contribution in [2.45, 2.75) is 62.8 Å². The monoisotopic (exact) mass is 436 g/mol. The largest absolute Gasteiger partial charge is 0.506 e. The second-order valence-corrected chi connectivity index (χ2v) is 9.84. The molecule has 7 heteroatoms. The number of para-hydroxylation sites is 1. The molecule has 1 heterocycles. The standard InChI is InChI=1S/C22H29ClN2O3S/c1-3-5-12-22(13-6-4-2)16-25(17-10-8-7-9-11-17)19-14-18(23)20(26)15-21(19)29(27,28)24-22/h7-11,14-15,24,26H,3-6,12-13,16H2,1-2H3. The molecule has 0 saturated heterocycles. The predicted molar refractivity (Wildman–Crippen MR) is 119 cm³/mol. The van der Waals surface area contributed by atoms with Crippen molar-refractivity contribution in [1.29, 1.82) is 0 Å². The molecule has 0 amide bonds. The van der Waals surface area contributed by atoms with E-state index in [4.69, 9.17) is 11.6 Å². The number of halogens is 1. The second-order valence-electron chi connectivity index (χ2n) is 7.79. The van der Waals surface area contributed by atoms with Gasteiger partial charge >= 0.3 is 0 Å². The highest BCUT2D eigenvalue weighted by Gasteiger charge is 2.41. The Kier molecular flexibility index (Phi) is 6.76. The van der Waals surface area contributed by atoms with E-state index in [0.29, 0.717) is 12.2 Å². The Morgan fingerprint density at radius 1 is 1.10 bits per heavy atom. The minimum Gasteiger partial charge on any atom is -0.506 e. The van der Waals surface area contributed by atoms with Crippen LogP contribution in [0.4, 0.5) is 11.4 Å². The summed E-state index contributed by atoms with van der Waals surface area (Å²) in [4.78, 5) is 2.07. The van der Waals surface area contributed by atoms with Crippen molar-refractivity contribution >= 4 is 33.0 Å². The summed E-state index contributed by atoms with van der Waals surface area (Å²) in [5.41, 5.74) is 0.787. The van der Waals surface area contributed by atoms with Gasteiger partial charge in [-0.05, 0) is 31.0 Å². The van der Waals surface area contributed by atoms with Crippen molar-refractivity contribution in [3.8, 4) is 5.75 Å².